The number of carboxylic acids is 1. The van der Waals surface area contributed by atoms with Gasteiger partial charge in [0.25, 0.3) is 0 Å². The molecule has 0 bridgehead atoms. The monoisotopic (exact) mass is 240 g/mol. The molecule has 0 unspecified atom stereocenters. The van der Waals surface area contributed by atoms with E-state index in [1.54, 1.807) is 0 Å². The number of hydrogen-bond acceptors (Lipinski definition) is 4. The minimum atomic E-state index is -1.24. The van der Waals surface area contributed by atoms with Crippen LogP contribution in [0.3, 0.4) is 0 Å². The highest BCUT2D eigenvalue weighted by Crippen LogP contribution is 2.30. The first-order chi connectivity index (χ1) is 7.62. The van der Waals surface area contributed by atoms with Gasteiger partial charge in [-0.1, -0.05) is 30.3 Å². The van der Waals surface area contributed by atoms with E-state index in [1.165, 1.54) is 0 Å². The van der Waals surface area contributed by atoms with Crippen LogP contribution in [0, 0.1) is 0 Å². The van der Waals surface area contributed by atoms with Crippen LogP contribution in [0.1, 0.15) is 11.9 Å². The molecule has 0 atom stereocenters. The smallest absolute Gasteiger partial charge is 0.324 e. The lowest BCUT2D eigenvalue weighted by molar-refractivity contribution is -0.203. The fourth-order valence-electron chi connectivity index (χ4n) is 1.44. The molecule has 1 aliphatic rings. The van der Waals surface area contributed by atoms with Gasteiger partial charge in [-0.3, -0.25) is 4.79 Å². The highest BCUT2D eigenvalue weighted by atomic mass is 32.1. The lowest BCUT2D eigenvalue weighted by Crippen LogP contribution is -2.46. The Bertz CT molecular complexity index is 371. The summed E-state index contributed by atoms with van der Waals surface area (Å²) >= 11 is 4.05. The number of thiol groups is 1. The third kappa shape index (κ3) is 2.21. The normalized spacial score (nSPS) is 29.9. The van der Waals surface area contributed by atoms with E-state index in [-0.39, 0.29) is 13.2 Å². The summed E-state index contributed by atoms with van der Waals surface area (Å²) in [7, 11) is 0. The van der Waals surface area contributed by atoms with Crippen molar-refractivity contribution in [1.82, 2.24) is 0 Å². The fourth-order valence-corrected chi connectivity index (χ4v) is 1.59. The van der Waals surface area contributed by atoms with Gasteiger partial charge in [-0.2, -0.15) is 12.6 Å². The molecule has 5 heteroatoms. The third-order valence-electron chi connectivity index (χ3n) is 2.42. The van der Waals surface area contributed by atoms with Gasteiger partial charge < -0.3 is 14.6 Å². The topological polar surface area (TPSA) is 55.8 Å². The zero-order valence-corrected chi connectivity index (χ0v) is 9.39. The highest BCUT2D eigenvalue weighted by molar-refractivity contribution is 7.82. The molecule has 0 aromatic heterocycles. The van der Waals surface area contributed by atoms with E-state index >= 15 is 0 Å². The Morgan fingerprint density at radius 2 is 1.88 bits per heavy atom. The fraction of sp³-hybridized carbons (Fsp3) is 0.364. The predicted molar refractivity (Wildman–Crippen MR) is 60.4 cm³/mol. The van der Waals surface area contributed by atoms with Crippen LogP contribution in [0.25, 0.3) is 0 Å². The van der Waals surface area contributed by atoms with E-state index in [0.717, 1.165) is 5.56 Å². The van der Waals surface area contributed by atoms with Crippen molar-refractivity contribution in [2.75, 3.05) is 13.2 Å². The number of rotatable bonds is 2. The summed E-state index contributed by atoms with van der Waals surface area (Å²) in [5.41, 5.74) is 0.878. The van der Waals surface area contributed by atoms with Crippen LogP contribution < -0.4 is 0 Å². The molecule has 1 saturated heterocycles. The maximum absolute atomic E-state index is 10.9. The van der Waals surface area contributed by atoms with Crippen molar-refractivity contribution in [3.05, 3.63) is 35.9 Å². The summed E-state index contributed by atoms with van der Waals surface area (Å²) < 4.78 is 9.48. The minimum absolute atomic E-state index is 0.0327. The van der Waals surface area contributed by atoms with Gasteiger partial charge >= 0.3 is 5.97 Å². The summed E-state index contributed by atoms with van der Waals surface area (Å²) in [6.45, 7) is 0.0655. The SMILES string of the molecule is O=C(O)C1(S)COC(c2ccccc2)OC1. The van der Waals surface area contributed by atoms with Crippen molar-refractivity contribution in [2.24, 2.45) is 0 Å². The molecule has 4 nitrogen and oxygen atoms in total. The maximum atomic E-state index is 10.9. The summed E-state index contributed by atoms with van der Waals surface area (Å²) in [5, 5.41) is 8.92. The van der Waals surface area contributed by atoms with Crippen LogP contribution in [0.4, 0.5) is 0 Å². The Hall–Kier alpha value is -1.04. The lowest BCUT2D eigenvalue weighted by Gasteiger charge is -2.33. The first-order valence-electron chi connectivity index (χ1n) is 4.86. The molecule has 1 aliphatic heterocycles. The predicted octanol–water partition coefficient (Wildman–Crippen LogP) is 1.49. The molecule has 0 amide bonds. The molecular weight excluding hydrogens is 228 g/mol. The van der Waals surface area contributed by atoms with Crippen molar-refractivity contribution in [2.45, 2.75) is 11.0 Å². The van der Waals surface area contributed by atoms with Crippen LogP contribution in [-0.4, -0.2) is 29.0 Å². The number of carboxylic acid groups (broad SMARTS) is 1. The van der Waals surface area contributed by atoms with Crippen LogP contribution >= 0.6 is 12.6 Å². The van der Waals surface area contributed by atoms with E-state index in [0.29, 0.717) is 0 Å². The van der Waals surface area contributed by atoms with Crippen molar-refractivity contribution < 1.29 is 19.4 Å². The van der Waals surface area contributed by atoms with Crippen LogP contribution in [0.5, 0.6) is 0 Å². The van der Waals surface area contributed by atoms with Crippen LogP contribution in [0.15, 0.2) is 30.3 Å². The lowest BCUT2D eigenvalue weighted by atomic mass is 10.1. The molecule has 1 N–H and O–H groups in total. The molecule has 0 spiro atoms. The zero-order valence-electron chi connectivity index (χ0n) is 8.50. The van der Waals surface area contributed by atoms with Crippen molar-refractivity contribution in [3.8, 4) is 0 Å². The minimum Gasteiger partial charge on any atom is -0.480 e. The van der Waals surface area contributed by atoms with Crippen molar-refractivity contribution in [1.29, 1.82) is 0 Å². The van der Waals surface area contributed by atoms with Crippen LogP contribution in [0.2, 0.25) is 0 Å². The highest BCUT2D eigenvalue weighted by Gasteiger charge is 2.41. The molecule has 86 valence electrons. The molecular formula is C11H12O4S. The molecule has 16 heavy (non-hydrogen) atoms. The second kappa shape index (κ2) is 4.45. The maximum Gasteiger partial charge on any atom is 0.324 e. The van der Waals surface area contributed by atoms with E-state index in [9.17, 15) is 4.79 Å². The number of aliphatic carboxylic acids is 1. The summed E-state index contributed by atoms with van der Waals surface area (Å²) in [5.74, 6) is -1.03. The first kappa shape index (κ1) is 11.4. The number of ether oxygens (including phenoxy) is 2. The standard InChI is InChI=1S/C11H12O4S/c12-10(13)11(16)6-14-9(15-7-11)8-4-2-1-3-5-8/h1-5,9,16H,6-7H2,(H,12,13). The number of hydrogen-bond donors (Lipinski definition) is 2. The average molecular weight is 240 g/mol. The van der Waals surface area contributed by atoms with Crippen molar-refractivity contribution >= 4 is 18.6 Å². The molecule has 1 heterocycles. The third-order valence-corrected chi connectivity index (χ3v) is 2.87. The average Bonchev–Trinajstić information content (AvgIpc) is 2.31. The number of carbonyl (C=O) groups is 1. The first-order valence-corrected chi connectivity index (χ1v) is 5.30. The van der Waals surface area contributed by atoms with Gasteiger partial charge in [-0.15, -0.1) is 0 Å². The van der Waals surface area contributed by atoms with E-state index in [1.807, 2.05) is 30.3 Å². The zero-order chi connectivity index (χ0) is 11.6. The Morgan fingerprint density at radius 3 is 2.38 bits per heavy atom. The van der Waals surface area contributed by atoms with Gasteiger partial charge in [-0.25, -0.2) is 0 Å². The summed E-state index contributed by atoms with van der Waals surface area (Å²) in [4.78, 5) is 10.9. The van der Waals surface area contributed by atoms with E-state index < -0.39 is 17.0 Å². The molecule has 1 aromatic rings. The molecule has 0 saturated carbocycles. The van der Waals surface area contributed by atoms with Gasteiger partial charge in [0.15, 0.2) is 11.0 Å². The van der Waals surface area contributed by atoms with Crippen LogP contribution in [-0.2, 0) is 14.3 Å². The van der Waals surface area contributed by atoms with Gasteiger partial charge in [-0.05, 0) is 0 Å². The molecule has 1 fully saturated rings. The molecule has 1 aromatic carbocycles. The van der Waals surface area contributed by atoms with Gasteiger partial charge in [0, 0.05) is 5.56 Å². The molecule has 0 radical (unpaired) electrons. The Morgan fingerprint density at radius 1 is 1.31 bits per heavy atom. The van der Waals surface area contributed by atoms with Crippen molar-refractivity contribution in [3.63, 3.8) is 0 Å². The Balaban J connectivity index is 2.03. The summed E-state index contributed by atoms with van der Waals surface area (Å²) in [6.07, 6.45) is -0.499. The van der Waals surface area contributed by atoms with E-state index in [2.05, 4.69) is 12.6 Å². The largest absolute Gasteiger partial charge is 0.480 e. The second-order valence-corrected chi connectivity index (χ2v) is 4.56. The Labute approximate surface area is 98.6 Å². The Kier molecular flexibility index (Phi) is 3.18. The number of benzene rings is 1. The van der Waals surface area contributed by atoms with Gasteiger partial charge in [0.1, 0.15) is 0 Å². The van der Waals surface area contributed by atoms with E-state index in [4.69, 9.17) is 14.6 Å². The summed E-state index contributed by atoms with van der Waals surface area (Å²) in [6, 6.07) is 9.39. The quantitative estimate of drug-likeness (QED) is 0.769. The van der Waals surface area contributed by atoms with Gasteiger partial charge in [0.05, 0.1) is 13.2 Å². The molecule has 0 aliphatic carbocycles. The second-order valence-electron chi connectivity index (χ2n) is 3.70. The molecule has 2 rings (SSSR count). The van der Waals surface area contributed by atoms with Gasteiger partial charge in [0.2, 0.25) is 0 Å².